The predicted molar refractivity (Wildman–Crippen MR) is 76.1 cm³/mol. The van der Waals surface area contributed by atoms with E-state index in [1.807, 2.05) is 0 Å². The Morgan fingerprint density at radius 1 is 1.35 bits per heavy atom. The molecule has 1 rings (SSSR count). The molecule has 0 aromatic heterocycles. The number of benzene rings is 1. The number of ketones is 1. The van der Waals surface area contributed by atoms with Crippen molar-refractivity contribution >= 4 is 29.2 Å². The fourth-order valence-corrected chi connectivity index (χ4v) is 2.05. The third kappa shape index (κ3) is 6.12. The number of nitrogens with zero attached hydrogens (tertiary/aromatic N) is 1. The van der Waals surface area contributed by atoms with Gasteiger partial charge in [0.1, 0.15) is 5.92 Å². The van der Waals surface area contributed by atoms with Crippen LogP contribution in [-0.4, -0.2) is 29.6 Å². The average Bonchev–Trinajstić information content (AvgIpc) is 2.44. The van der Waals surface area contributed by atoms with Gasteiger partial charge in [0.15, 0.2) is 12.4 Å². The number of nitriles is 1. The van der Waals surface area contributed by atoms with E-state index in [1.54, 1.807) is 6.07 Å². The summed E-state index contributed by atoms with van der Waals surface area (Å²) >= 11 is -0.316. The highest BCUT2D eigenvalue weighted by atomic mass is 32.2. The normalized spacial score (nSPS) is 12.1. The summed E-state index contributed by atoms with van der Waals surface area (Å²) in [5, 5.41) is 16.0. The molecule has 0 saturated heterocycles. The SMILES string of the molecule is CC(=N)C(C#N)C(=O)COC(=O)c1ccc(SC(F)(F)F)cc1. The molecule has 0 saturated carbocycles. The molecule has 0 aliphatic rings. The summed E-state index contributed by atoms with van der Waals surface area (Å²) in [7, 11) is 0. The van der Waals surface area contributed by atoms with Crippen molar-refractivity contribution in [3.05, 3.63) is 29.8 Å². The van der Waals surface area contributed by atoms with Crippen LogP contribution in [-0.2, 0) is 9.53 Å². The number of hydrogen-bond donors (Lipinski definition) is 1. The summed E-state index contributed by atoms with van der Waals surface area (Å²) < 4.78 is 41.2. The zero-order valence-electron chi connectivity index (χ0n) is 11.8. The monoisotopic (exact) mass is 344 g/mol. The Bertz CT molecular complexity index is 651. The van der Waals surface area contributed by atoms with Gasteiger partial charge < -0.3 is 10.1 Å². The van der Waals surface area contributed by atoms with Crippen molar-refractivity contribution < 1.29 is 27.5 Å². The van der Waals surface area contributed by atoms with Crippen LogP contribution in [0.2, 0.25) is 0 Å². The molecule has 0 aliphatic carbocycles. The molecule has 122 valence electrons. The first kappa shape index (κ1) is 18.7. The Morgan fingerprint density at radius 3 is 2.35 bits per heavy atom. The van der Waals surface area contributed by atoms with Crippen molar-refractivity contribution in [1.82, 2.24) is 0 Å². The molecule has 5 nitrogen and oxygen atoms in total. The number of esters is 1. The number of hydrogen-bond acceptors (Lipinski definition) is 6. The number of nitrogens with one attached hydrogen (secondary N) is 1. The highest BCUT2D eigenvalue weighted by Crippen LogP contribution is 2.36. The van der Waals surface area contributed by atoms with Crippen molar-refractivity contribution in [1.29, 1.82) is 10.7 Å². The second-order valence-electron chi connectivity index (χ2n) is 4.36. The minimum Gasteiger partial charge on any atom is -0.454 e. The van der Waals surface area contributed by atoms with E-state index in [9.17, 15) is 22.8 Å². The Kier molecular flexibility index (Phi) is 6.33. The van der Waals surface area contributed by atoms with E-state index < -0.39 is 29.8 Å². The topological polar surface area (TPSA) is 91.0 Å². The van der Waals surface area contributed by atoms with E-state index in [-0.39, 0.29) is 27.9 Å². The van der Waals surface area contributed by atoms with Crippen molar-refractivity contribution in [2.45, 2.75) is 17.3 Å². The lowest BCUT2D eigenvalue weighted by Crippen LogP contribution is -2.25. The number of ether oxygens (including phenoxy) is 1. The summed E-state index contributed by atoms with van der Waals surface area (Å²) in [6, 6.07) is 6.12. The minimum absolute atomic E-state index is 0.0237. The quantitative estimate of drug-likeness (QED) is 0.486. The van der Waals surface area contributed by atoms with Crippen molar-refractivity contribution in [2.75, 3.05) is 6.61 Å². The fourth-order valence-electron chi connectivity index (χ4n) is 1.51. The highest BCUT2D eigenvalue weighted by Gasteiger charge is 2.29. The zero-order chi connectivity index (χ0) is 17.6. The molecular formula is C14H11F3N2O3S. The number of carbonyl (C=O) groups excluding carboxylic acids is 2. The van der Waals surface area contributed by atoms with Gasteiger partial charge in [0.05, 0.1) is 11.6 Å². The molecule has 9 heteroatoms. The van der Waals surface area contributed by atoms with Crippen LogP contribution in [0.1, 0.15) is 17.3 Å². The van der Waals surface area contributed by atoms with E-state index in [0.717, 1.165) is 24.3 Å². The van der Waals surface area contributed by atoms with Gasteiger partial charge in [0, 0.05) is 10.6 Å². The van der Waals surface area contributed by atoms with E-state index >= 15 is 0 Å². The molecule has 1 unspecified atom stereocenters. The van der Waals surface area contributed by atoms with Gasteiger partial charge in [0.25, 0.3) is 0 Å². The smallest absolute Gasteiger partial charge is 0.446 e. The van der Waals surface area contributed by atoms with Crippen LogP contribution in [0.15, 0.2) is 29.2 Å². The van der Waals surface area contributed by atoms with E-state index in [2.05, 4.69) is 0 Å². The van der Waals surface area contributed by atoms with E-state index in [4.69, 9.17) is 15.4 Å². The summed E-state index contributed by atoms with van der Waals surface area (Å²) in [4.78, 5) is 23.2. The lowest BCUT2D eigenvalue weighted by molar-refractivity contribution is -0.122. The van der Waals surface area contributed by atoms with Crippen molar-refractivity contribution in [3.8, 4) is 6.07 Å². The van der Waals surface area contributed by atoms with Crippen LogP contribution in [0, 0.1) is 22.7 Å². The third-order valence-electron chi connectivity index (χ3n) is 2.55. The number of rotatable bonds is 6. The van der Waals surface area contributed by atoms with Crippen LogP contribution >= 0.6 is 11.8 Å². The standard InChI is InChI=1S/C14H11F3N2O3S/c1-8(19)11(6-18)12(20)7-22-13(21)9-2-4-10(5-3-9)23-14(15,16)17/h2-5,11,19H,7H2,1H3. The lowest BCUT2D eigenvalue weighted by Gasteiger charge is -2.08. The molecule has 23 heavy (non-hydrogen) atoms. The van der Waals surface area contributed by atoms with Crippen molar-refractivity contribution in [3.63, 3.8) is 0 Å². The first-order valence-corrected chi connectivity index (χ1v) is 6.96. The summed E-state index contributed by atoms with van der Waals surface area (Å²) in [6.45, 7) is 0.594. The summed E-state index contributed by atoms with van der Waals surface area (Å²) in [5.41, 5.74) is -4.61. The van der Waals surface area contributed by atoms with Crippen LogP contribution in [0.3, 0.4) is 0 Å². The van der Waals surface area contributed by atoms with Gasteiger partial charge in [0.2, 0.25) is 0 Å². The molecule has 0 fully saturated rings. The Morgan fingerprint density at radius 2 is 1.91 bits per heavy atom. The number of alkyl halides is 3. The minimum atomic E-state index is -4.43. The average molecular weight is 344 g/mol. The van der Waals surface area contributed by atoms with Gasteiger partial charge in [-0.3, -0.25) is 4.79 Å². The number of Topliss-reactive ketones (excluding diaryl/α,β-unsaturated/α-hetero) is 1. The van der Waals surface area contributed by atoms with Gasteiger partial charge in [-0.2, -0.15) is 18.4 Å². The molecule has 0 radical (unpaired) electrons. The van der Waals surface area contributed by atoms with Crippen LogP contribution in [0.4, 0.5) is 13.2 Å². The molecule has 1 aromatic carbocycles. The van der Waals surface area contributed by atoms with Gasteiger partial charge in [-0.05, 0) is 43.0 Å². The fraction of sp³-hybridized carbons (Fsp3) is 0.286. The predicted octanol–water partition coefficient (Wildman–Crippen LogP) is 3.20. The maximum Gasteiger partial charge on any atom is 0.446 e. The molecule has 0 bridgehead atoms. The molecule has 0 heterocycles. The molecular weight excluding hydrogens is 333 g/mol. The first-order valence-electron chi connectivity index (χ1n) is 6.14. The van der Waals surface area contributed by atoms with Gasteiger partial charge in [-0.1, -0.05) is 0 Å². The second kappa shape index (κ2) is 7.78. The number of thioether (sulfide) groups is 1. The van der Waals surface area contributed by atoms with E-state index in [1.165, 1.54) is 6.92 Å². The van der Waals surface area contributed by atoms with Gasteiger partial charge in [-0.15, -0.1) is 0 Å². The molecule has 1 aromatic rings. The second-order valence-corrected chi connectivity index (χ2v) is 5.50. The molecule has 0 aliphatic heterocycles. The Balaban J connectivity index is 2.64. The first-order chi connectivity index (χ1) is 10.6. The third-order valence-corrected chi connectivity index (χ3v) is 3.29. The molecule has 0 amide bonds. The highest BCUT2D eigenvalue weighted by molar-refractivity contribution is 8.00. The van der Waals surface area contributed by atoms with Crippen LogP contribution in [0.5, 0.6) is 0 Å². The summed E-state index contributed by atoms with van der Waals surface area (Å²) in [6.07, 6.45) is 0. The summed E-state index contributed by atoms with van der Waals surface area (Å²) in [5.74, 6) is -2.92. The maximum atomic E-state index is 12.2. The van der Waals surface area contributed by atoms with Crippen molar-refractivity contribution in [2.24, 2.45) is 5.92 Å². The van der Waals surface area contributed by atoms with Gasteiger partial charge in [-0.25, -0.2) is 4.79 Å². The number of carbonyl (C=O) groups is 2. The van der Waals surface area contributed by atoms with Crippen LogP contribution in [0.25, 0.3) is 0 Å². The maximum absolute atomic E-state index is 12.2. The largest absolute Gasteiger partial charge is 0.454 e. The zero-order valence-corrected chi connectivity index (χ0v) is 12.6. The Hall–Kier alpha value is -2.34. The molecule has 0 spiro atoms. The lowest BCUT2D eigenvalue weighted by atomic mass is 10.0. The molecule has 1 atom stereocenters. The van der Waals surface area contributed by atoms with Crippen LogP contribution < -0.4 is 0 Å². The van der Waals surface area contributed by atoms with E-state index in [0.29, 0.717) is 0 Å². The molecule has 1 N–H and O–H groups in total. The number of halogens is 3. The van der Waals surface area contributed by atoms with Gasteiger partial charge >= 0.3 is 11.5 Å². The Labute approximate surface area is 133 Å².